The molecule has 2 aromatic carbocycles. The number of H-pyrrole nitrogens is 1. The normalized spacial score (nSPS) is 16.1. The van der Waals surface area contributed by atoms with Crippen LogP contribution in [0.5, 0.6) is 5.75 Å². The fraction of sp³-hybridized carbons (Fsp3) is 0.417. The summed E-state index contributed by atoms with van der Waals surface area (Å²) in [6.07, 6.45) is 0.792. The molecule has 1 fully saturated rings. The molecule has 0 aliphatic carbocycles. The van der Waals surface area contributed by atoms with E-state index in [0.717, 1.165) is 74.4 Å². The van der Waals surface area contributed by atoms with E-state index in [1.807, 2.05) is 36.4 Å². The molecule has 4 rings (SSSR count). The molecule has 170 valence electrons. The molecule has 3 N–H and O–H groups in total. The number of aliphatic imine (C=N–C) groups is 1. The van der Waals surface area contributed by atoms with Gasteiger partial charge >= 0.3 is 0 Å². The average Bonchev–Trinajstić information content (AvgIpc) is 3.27. The minimum absolute atomic E-state index is 0.221. The summed E-state index contributed by atoms with van der Waals surface area (Å²) in [4.78, 5) is 14.9. The lowest BCUT2D eigenvalue weighted by atomic mass is 10.0. The Labute approximate surface area is 189 Å². The molecule has 1 aliphatic rings. The predicted octanol–water partition coefficient (Wildman–Crippen LogP) is 2.35. The number of methoxy groups -OCH3 is 1. The van der Waals surface area contributed by atoms with Crippen molar-refractivity contribution in [2.75, 3.05) is 53.6 Å². The van der Waals surface area contributed by atoms with Crippen LogP contribution in [-0.4, -0.2) is 74.4 Å². The van der Waals surface area contributed by atoms with Crippen LogP contribution in [0.25, 0.3) is 11.0 Å². The van der Waals surface area contributed by atoms with Crippen LogP contribution in [0.15, 0.2) is 53.5 Å². The molecule has 1 aromatic heterocycles. The first-order chi connectivity index (χ1) is 15.8. The first kappa shape index (κ1) is 22.1. The van der Waals surface area contributed by atoms with Crippen LogP contribution in [0.4, 0.5) is 0 Å². The lowest BCUT2D eigenvalue weighted by Crippen LogP contribution is -2.46. The molecular formula is C24H32N6O2. The van der Waals surface area contributed by atoms with Crippen molar-refractivity contribution in [3.63, 3.8) is 0 Å². The van der Waals surface area contributed by atoms with Gasteiger partial charge < -0.3 is 25.1 Å². The summed E-state index contributed by atoms with van der Waals surface area (Å²) in [5.41, 5.74) is 3.31. The van der Waals surface area contributed by atoms with E-state index in [9.17, 15) is 0 Å². The molecule has 1 unspecified atom stereocenters. The van der Waals surface area contributed by atoms with Crippen LogP contribution in [0.3, 0.4) is 0 Å². The molecule has 0 radical (unpaired) electrons. The van der Waals surface area contributed by atoms with Gasteiger partial charge in [0.1, 0.15) is 11.6 Å². The highest BCUT2D eigenvalue weighted by molar-refractivity contribution is 5.79. The second kappa shape index (κ2) is 11.0. The molecule has 8 nitrogen and oxygen atoms in total. The maximum Gasteiger partial charge on any atom is 0.191 e. The molecule has 8 heteroatoms. The van der Waals surface area contributed by atoms with Gasteiger partial charge in [-0.2, -0.15) is 0 Å². The fourth-order valence-electron chi connectivity index (χ4n) is 4.01. The number of ether oxygens (including phenoxy) is 2. The molecule has 32 heavy (non-hydrogen) atoms. The van der Waals surface area contributed by atoms with Crippen molar-refractivity contribution in [1.29, 1.82) is 0 Å². The Morgan fingerprint density at radius 2 is 1.94 bits per heavy atom. The van der Waals surface area contributed by atoms with Gasteiger partial charge in [-0.15, -0.1) is 0 Å². The third-order valence-electron chi connectivity index (χ3n) is 5.77. The zero-order valence-corrected chi connectivity index (χ0v) is 18.8. The van der Waals surface area contributed by atoms with Crippen LogP contribution < -0.4 is 15.4 Å². The summed E-state index contributed by atoms with van der Waals surface area (Å²) in [5.74, 6) is 2.62. The Balaban J connectivity index is 1.34. The van der Waals surface area contributed by atoms with Gasteiger partial charge in [0.05, 0.1) is 37.4 Å². The van der Waals surface area contributed by atoms with Gasteiger partial charge in [-0.1, -0.05) is 24.3 Å². The molecule has 1 atom stereocenters. The van der Waals surface area contributed by atoms with Gasteiger partial charge in [-0.05, 0) is 29.8 Å². The van der Waals surface area contributed by atoms with E-state index in [-0.39, 0.29) is 6.04 Å². The number of morpholine rings is 1. The first-order valence-corrected chi connectivity index (χ1v) is 11.1. The highest BCUT2D eigenvalue weighted by Gasteiger charge is 2.23. The van der Waals surface area contributed by atoms with Gasteiger partial charge in [0.25, 0.3) is 0 Å². The maximum atomic E-state index is 5.56. The van der Waals surface area contributed by atoms with E-state index in [0.29, 0.717) is 0 Å². The van der Waals surface area contributed by atoms with E-state index in [2.05, 4.69) is 42.6 Å². The van der Waals surface area contributed by atoms with E-state index in [1.165, 1.54) is 5.56 Å². The molecular weight excluding hydrogens is 404 g/mol. The third-order valence-corrected chi connectivity index (χ3v) is 5.77. The van der Waals surface area contributed by atoms with Crippen LogP contribution in [-0.2, 0) is 11.2 Å². The van der Waals surface area contributed by atoms with Gasteiger partial charge in [0.2, 0.25) is 0 Å². The largest absolute Gasteiger partial charge is 0.497 e. The standard InChI is InChI=1S/C24H32N6O2/c1-25-24(26-12-11-23-28-20-5-3-4-6-21(20)29-23)27-17-22(30-13-15-32-16-14-30)18-7-9-19(31-2)10-8-18/h3-10,22H,11-17H2,1-2H3,(H,28,29)(H2,25,26,27). The monoisotopic (exact) mass is 436 g/mol. The van der Waals surface area contributed by atoms with Crippen LogP contribution >= 0.6 is 0 Å². The van der Waals surface area contributed by atoms with Gasteiger partial charge in [0, 0.05) is 39.6 Å². The second-order valence-corrected chi connectivity index (χ2v) is 7.77. The summed E-state index contributed by atoms with van der Waals surface area (Å²) in [6.45, 7) is 4.84. The van der Waals surface area contributed by atoms with Crippen molar-refractivity contribution in [2.45, 2.75) is 12.5 Å². The zero-order chi connectivity index (χ0) is 22.2. The van der Waals surface area contributed by atoms with E-state index in [4.69, 9.17) is 9.47 Å². The maximum absolute atomic E-state index is 5.56. The number of imidazole rings is 1. The van der Waals surface area contributed by atoms with Crippen molar-refractivity contribution in [2.24, 2.45) is 4.99 Å². The summed E-state index contributed by atoms with van der Waals surface area (Å²) in [6, 6.07) is 16.6. The number of aromatic nitrogens is 2. The number of nitrogens with one attached hydrogen (secondary N) is 3. The summed E-state index contributed by atoms with van der Waals surface area (Å²) in [7, 11) is 3.49. The minimum atomic E-state index is 0.221. The Morgan fingerprint density at radius 3 is 2.66 bits per heavy atom. The van der Waals surface area contributed by atoms with E-state index in [1.54, 1.807) is 14.2 Å². The molecule has 0 bridgehead atoms. The van der Waals surface area contributed by atoms with E-state index >= 15 is 0 Å². The zero-order valence-electron chi connectivity index (χ0n) is 18.8. The second-order valence-electron chi connectivity index (χ2n) is 7.77. The number of guanidine groups is 1. The fourth-order valence-corrected chi connectivity index (χ4v) is 4.01. The first-order valence-electron chi connectivity index (χ1n) is 11.1. The summed E-state index contributed by atoms with van der Waals surface area (Å²) in [5, 5.41) is 6.91. The SMILES string of the molecule is CN=C(NCCc1nc2ccccc2[nH]1)NCC(c1ccc(OC)cc1)N1CCOCC1. The smallest absolute Gasteiger partial charge is 0.191 e. The van der Waals surface area contributed by atoms with Crippen molar-refractivity contribution in [1.82, 2.24) is 25.5 Å². The molecule has 0 saturated carbocycles. The topological polar surface area (TPSA) is 86.8 Å². The lowest BCUT2D eigenvalue weighted by Gasteiger charge is -2.35. The molecule has 0 amide bonds. The summed E-state index contributed by atoms with van der Waals surface area (Å²) < 4.78 is 10.9. The number of fused-ring (bicyclic) bond motifs is 1. The Hall–Kier alpha value is -3.10. The third kappa shape index (κ3) is 5.57. The number of aromatic amines is 1. The molecule has 1 saturated heterocycles. The Kier molecular flexibility index (Phi) is 7.58. The minimum Gasteiger partial charge on any atom is -0.497 e. The number of benzene rings is 2. The van der Waals surface area contributed by atoms with Crippen molar-refractivity contribution in [3.8, 4) is 5.75 Å². The van der Waals surface area contributed by atoms with E-state index < -0.39 is 0 Å². The highest BCUT2D eigenvalue weighted by Crippen LogP contribution is 2.23. The number of hydrogen-bond donors (Lipinski definition) is 3. The Morgan fingerprint density at radius 1 is 1.16 bits per heavy atom. The van der Waals surface area contributed by atoms with Gasteiger partial charge in [0.15, 0.2) is 5.96 Å². The van der Waals surface area contributed by atoms with Crippen LogP contribution in [0.1, 0.15) is 17.4 Å². The van der Waals surface area contributed by atoms with Gasteiger partial charge in [-0.3, -0.25) is 9.89 Å². The lowest BCUT2D eigenvalue weighted by molar-refractivity contribution is 0.0170. The van der Waals surface area contributed by atoms with Gasteiger partial charge in [-0.25, -0.2) is 4.98 Å². The summed E-state index contributed by atoms with van der Waals surface area (Å²) >= 11 is 0. The van der Waals surface area contributed by atoms with Crippen molar-refractivity contribution in [3.05, 3.63) is 59.9 Å². The van der Waals surface area contributed by atoms with Crippen LogP contribution in [0.2, 0.25) is 0 Å². The quantitative estimate of drug-likeness (QED) is 0.371. The predicted molar refractivity (Wildman–Crippen MR) is 127 cm³/mol. The number of rotatable bonds is 8. The Bertz CT molecular complexity index is 978. The molecule has 0 spiro atoms. The molecule has 1 aliphatic heterocycles. The highest BCUT2D eigenvalue weighted by atomic mass is 16.5. The number of hydrogen-bond acceptors (Lipinski definition) is 5. The molecule has 2 heterocycles. The average molecular weight is 437 g/mol. The van der Waals surface area contributed by atoms with Crippen molar-refractivity contribution >= 4 is 17.0 Å². The number of nitrogens with zero attached hydrogens (tertiary/aromatic N) is 3. The number of para-hydroxylation sites is 2. The molecule has 3 aromatic rings. The van der Waals surface area contributed by atoms with Crippen LogP contribution in [0, 0.1) is 0 Å². The van der Waals surface area contributed by atoms with Crippen molar-refractivity contribution < 1.29 is 9.47 Å².